The third-order valence-corrected chi connectivity index (χ3v) is 4.17. The number of anilines is 3. The van der Waals surface area contributed by atoms with E-state index in [1.165, 1.54) is 30.6 Å². The molecule has 0 unspecified atom stereocenters. The highest BCUT2D eigenvalue weighted by molar-refractivity contribution is 6.31. The Bertz CT molecular complexity index is 1030. The first-order chi connectivity index (χ1) is 13.5. The van der Waals surface area contributed by atoms with Crippen LogP contribution in [0.15, 0.2) is 54.9 Å². The van der Waals surface area contributed by atoms with Gasteiger partial charge in [0.15, 0.2) is 0 Å². The number of benzene rings is 2. The van der Waals surface area contributed by atoms with Gasteiger partial charge in [-0.2, -0.15) is 0 Å². The Balaban J connectivity index is 1.86. The Hall–Kier alpha value is -3.72. The predicted octanol–water partition coefficient (Wildman–Crippen LogP) is 4.09. The molecule has 0 atom stereocenters. The fourth-order valence-corrected chi connectivity index (χ4v) is 2.63. The van der Waals surface area contributed by atoms with Gasteiger partial charge in [-0.1, -0.05) is 29.8 Å². The lowest BCUT2D eigenvalue weighted by Crippen LogP contribution is -2.08. The van der Waals surface area contributed by atoms with E-state index >= 15 is 0 Å². The summed E-state index contributed by atoms with van der Waals surface area (Å²) in [5.41, 5.74) is 0.974. The molecule has 3 aromatic rings. The van der Waals surface area contributed by atoms with E-state index in [1.54, 1.807) is 18.2 Å². The Morgan fingerprint density at radius 3 is 2.43 bits per heavy atom. The number of nitrogens with one attached hydrogen (secondary N) is 2. The van der Waals surface area contributed by atoms with Gasteiger partial charge in [0.05, 0.1) is 10.5 Å². The quantitative estimate of drug-likeness (QED) is 0.400. The van der Waals surface area contributed by atoms with Crippen LogP contribution in [0, 0.1) is 10.1 Å². The van der Waals surface area contributed by atoms with Crippen molar-refractivity contribution in [1.82, 2.24) is 9.97 Å². The highest BCUT2D eigenvalue weighted by atomic mass is 35.5. The number of carbonyl (C=O) groups is 1. The minimum absolute atomic E-state index is 0.0234. The molecule has 0 aliphatic rings. The molecule has 0 amide bonds. The molecule has 0 bridgehead atoms. The molecule has 0 spiro atoms. The molecule has 10 heteroatoms. The topological polar surface area (TPSA) is 130 Å². The maximum absolute atomic E-state index is 11.6. The molecule has 1 heterocycles. The van der Waals surface area contributed by atoms with Crippen molar-refractivity contribution in [2.45, 2.75) is 6.54 Å². The minimum Gasteiger partial charge on any atom is -0.478 e. The van der Waals surface area contributed by atoms with Crippen LogP contribution in [0.1, 0.15) is 15.9 Å². The van der Waals surface area contributed by atoms with Gasteiger partial charge in [-0.05, 0) is 35.9 Å². The second-order valence-corrected chi connectivity index (χ2v) is 6.04. The summed E-state index contributed by atoms with van der Waals surface area (Å²) in [5, 5.41) is 26.8. The second-order valence-electron chi connectivity index (χ2n) is 5.63. The first-order valence-electron chi connectivity index (χ1n) is 8.02. The molecule has 3 N–H and O–H groups in total. The van der Waals surface area contributed by atoms with Crippen LogP contribution < -0.4 is 10.6 Å². The molecule has 0 fully saturated rings. The highest BCUT2D eigenvalue weighted by Crippen LogP contribution is 2.31. The lowest BCUT2D eigenvalue weighted by atomic mass is 10.2. The zero-order valence-electron chi connectivity index (χ0n) is 14.3. The van der Waals surface area contributed by atoms with Crippen LogP contribution in [0.4, 0.5) is 23.0 Å². The predicted molar refractivity (Wildman–Crippen MR) is 104 cm³/mol. The molecule has 3 rings (SSSR count). The summed E-state index contributed by atoms with van der Waals surface area (Å²) in [7, 11) is 0. The lowest BCUT2D eigenvalue weighted by molar-refractivity contribution is -0.383. The number of nitrogens with zero attached hydrogens (tertiary/aromatic N) is 3. The van der Waals surface area contributed by atoms with Crippen LogP contribution in [-0.2, 0) is 6.54 Å². The van der Waals surface area contributed by atoms with Crippen molar-refractivity contribution in [1.29, 1.82) is 0 Å². The summed E-state index contributed by atoms with van der Waals surface area (Å²) in [4.78, 5) is 29.8. The number of rotatable bonds is 7. The van der Waals surface area contributed by atoms with Crippen molar-refractivity contribution in [2.24, 2.45) is 0 Å². The lowest BCUT2D eigenvalue weighted by Gasteiger charge is -2.11. The van der Waals surface area contributed by atoms with E-state index in [1.807, 2.05) is 6.07 Å². The van der Waals surface area contributed by atoms with Gasteiger partial charge in [-0.15, -0.1) is 0 Å². The Morgan fingerprint density at radius 2 is 1.79 bits per heavy atom. The molecule has 28 heavy (non-hydrogen) atoms. The number of aromatic carboxylic acids is 1. The van der Waals surface area contributed by atoms with Gasteiger partial charge in [0, 0.05) is 17.3 Å². The summed E-state index contributed by atoms with van der Waals surface area (Å²) in [6.07, 6.45) is 1.19. The van der Waals surface area contributed by atoms with Gasteiger partial charge in [0.2, 0.25) is 11.6 Å². The zero-order valence-corrected chi connectivity index (χ0v) is 15.1. The number of carboxylic acid groups (broad SMARTS) is 1. The molecule has 2 aromatic carbocycles. The smallest absolute Gasteiger partial charge is 0.353 e. The van der Waals surface area contributed by atoms with Crippen LogP contribution >= 0.6 is 11.6 Å². The zero-order chi connectivity index (χ0) is 20.1. The maximum atomic E-state index is 11.6. The summed E-state index contributed by atoms with van der Waals surface area (Å²) in [6.45, 7) is 0.240. The third-order valence-electron chi connectivity index (χ3n) is 3.80. The number of hydrogen-bond acceptors (Lipinski definition) is 7. The first kappa shape index (κ1) is 19.1. The van der Waals surface area contributed by atoms with E-state index in [2.05, 4.69) is 20.6 Å². The average Bonchev–Trinajstić information content (AvgIpc) is 2.67. The number of nitro groups is 1. The van der Waals surface area contributed by atoms with E-state index in [-0.39, 0.29) is 29.4 Å². The molecule has 0 aliphatic heterocycles. The van der Waals surface area contributed by atoms with Crippen LogP contribution in [-0.4, -0.2) is 26.0 Å². The highest BCUT2D eigenvalue weighted by Gasteiger charge is 2.23. The first-order valence-corrected chi connectivity index (χ1v) is 8.40. The molecule has 0 saturated heterocycles. The van der Waals surface area contributed by atoms with Crippen LogP contribution in [0.3, 0.4) is 0 Å². The number of hydrogen-bond donors (Lipinski definition) is 3. The molecule has 9 nitrogen and oxygen atoms in total. The summed E-state index contributed by atoms with van der Waals surface area (Å²) in [5.74, 6) is -1.06. The number of halogens is 1. The number of aromatic nitrogens is 2. The molecule has 1 aromatic heterocycles. The van der Waals surface area contributed by atoms with E-state index in [4.69, 9.17) is 16.7 Å². The van der Waals surface area contributed by atoms with Crippen molar-refractivity contribution in [3.8, 4) is 0 Å². The number of carboxylic acids is 1. The third kappa shape index (κ3) is 4.33. The van der Waals surface area contributed by atoms with Gasteiger partial charge in [-0.25, -0.2) is 14.8 Å². The Labute approximate surface area is 164 Å². The van der Waals surface area contributed by atoms with Gasteiger partial charge in [-0.3, -0.25) is 10.1 Å². The average molecular weight is 400 g/mol. The van der Waals surface area contributed by atoms with Gasteiger partial charge in [0.1, 0.15) is 6.33 Å². The SMILES string of the molecule is O=C(O)c1ccc(Nc2ncnc(NCc3ccccc3Cl)c2[N+](=O)[O-])cc1. The van der Waals surface area contributed by atoms with Crippen LogP contribution in [0.2, 0.25) is 5.02 Å². The molecular formula is C18H14ClN5O4. The van der Waals surface area contributed by atoms with Crippen LogP contribution in [0.25, 0.3) is 0 Å². The van der Waals surface area contributed by atoms with Gasteiger partial charge < -0.3 is 15.7 Å². The maximum Gasteiger partial charge on any atom is 0.353 e. The van der Waals surface area contributed by atoms with E-state index in [9.17, 15) is 14.9 Å². The van der Waals surface area contributed by atoms with E-state index in [0.717, 1.165) is 5.56 Å². The molecule has 0 radical (unpaired) electrons. The van der Waals surface area contributed by atoms with Gasteiger partial charge >= 0.3 is 11.7 Å². The summed E-state index contributed by atoms with van der Waals surface area (Å²) < 4.78 is 0. The van der Waals surface area contributed by atoms with Crippen LogP contribution in [0.5, 0.6) is 0 Å². The fourth-order valence-electron chi connectivity index (χ4n) is 2.43. The fraction of sp³-hybridized carbons (Fsp3) is 0.0556. The minimum atomic E-state index is -1.06. The van der Waals surface area contributed by atoms with E-state index < -0.39 is 10.9 Å². The van der Waals surface area contributed by atoms with Crippen molar-refractivity contribution in [3.63, 3.8) is 0 Å². The monoisotopic (exact) mass is 399 g/mol. The molecule has 142 valence electrons. The van der Waals surface area contributed by atoms with Crippen molar-refractivity contribution < 1.29 is 14.8 Å². The molecule has 0 saturated carbocycles. The summed E-state index contributed by atoms with van der Waals surface area (Å²) in [6, 6.07) is 12.9. The Kier molecular flexibility index (Phi) is 5.66. The Morgan fingerprint density at radius 1 is 1.11 bits per heavy atom. The standard InChI is InChI=1S/C18H14ClN5O4/c19-14-4-2-1-3-12(14)9-20-16-15(24(27)28)17(22-10-21-16)23-13-7-5-11(6-8-13)18(25)26/h1-8,10H,9H2,(H,25,26)(H2,20,21,22,23). The van der Waals surface area contributed by atoms with E-state index in [0.29, 0.717) is 10.7 Å². The largest absolute Gasteiger partial charge is 0.478 e. The van der Waals surface area contributed by atoms with Gasteiger partial charge in [0.25, 0.3) is 0 Å². The second kappa shape index (κ2) is 8.31. The normalized spacial score (nSPS) is 10.3. The van der Waals surface area contributed by atoms with Crippen molar-refractivity contribution in [3.05, 3.63) is 81.1 Å². The summed E-state index contributed by atoms with van der Waals surface area (Å²) >= 11 is 6.11. The van der Waals surface area contributed by atoms with Crippen molar-refractivity contribution in [2.75, 3.05) is 10.6 Å². The molecule has 0 aliphatic carbocycles. The van der Waals surface area contributed by atoms with Crippen molar-refractivity contribution >= 4 is 40.6 Å². The molecular weight excluding hydrogens is 386 g/mol.